The van der Waals surface area contributed by atoms with Gasteiger partial charge in [-0.15, -0.1) is 0 Å². The molecule has 0 radical (unpaired) electrons. The molecule has 1 aromatic carbocycles. The van der Waals surface area contributed by atoms with Gasteiger partial charge in [-0.3, -0.25) is 4.79 Å². The van der Waals surface area contributed by atoms with Crippen molar-refractivity contribution in [1.29, 1.82) is 0 Å². The van der Waals surface area contributed by atoms with Crippen molar-refractivity contribution in [2.45, 2.75) is 45.6 Å². The van der Waals surface area contributed by atoms with Crippen molar-refractivity contribution in [3.63, 3.8) is 0 Å². The summed E-state index contributed by atoms with van der Waals surface area (Å²) in [6.07, 6.45) is 0.951. The minimum absolute atomic E-state index is 0.204. The predicted octanol–water partition coefficient (Wildman–Crippen LogP) is 2.30. The van der Waals surface area contributed by atoms with Crippen molar-refractivity contribution in [2.24, 2.45) is 0 Å². The van der Waals surface area contributed by atoms with Gasteiger partial charge in [-0.25, -0.2) is 4.79 Å². The van der Waals surface area contributed by atoms with Crippen LogP contribution in [-0.2, 0) is 16.0 Å². The maximum Gasteiger partial charge on any atom is 0.329 e. The van der Waals surface area contributed by atoms with Crippen LogP contribution in [0.5, 0.6) is 0 Å². The Morgan fingerprint density at radius 3 is 2.11 bits per heavy atom. The quantitative estimate of drug-likeness (QED) is 0.827. The van der Waals surface area contributed by atoms with Crippen molar-refractivity contribution in [3.8, 4) is 0 Å². The van der Waals surface area contributed by atoms with E-state index >= 15 is 0 Å². The van der Waals surface area contributed by atoms with Crippen molar-refractivity contribution < 1.29 is 14.7 Å². The van der Waals surface area contributed by atoms with E-state index in [4.69, 9.17) is 0 Å². The first-order valence-electron chi connectivity index (χ1n) is 6.53. The lowest BCUT2D eigenvalue weighted by molar-refractivity contribution is -0.148. The fourth-order valence-electron chi connectivity index (χ4n) is 1.99. The van der Waals surface area contributed by atoms with Crippen LogP contribution in [0.3, 0.4) is 0 Å². The van der Waals surface area contributed by atoms with E-state index in [0.717, 1.165) is 11.1 Å². The molecule has 0 bridgehead atoms. The average molecular weight is 263 g/mol. The zero-order chi connectivity index (χ0) is 14.5. The summed E-state index contributed by atoms with van der Waals surface area (Å²) in [5.74, 6) is -1.23. The summed E-state index contributed by atoms with van der Waals surface area (Å²) in [4.78, 5) is 23.3. The van der Waals surface area contributed by atoms with Crippen LogP contribution in [0.4, 0.5) is 0 Å². The molecule has 1 aromatic rings. The van der Waals surface area contributed by atoms with Crippen LogP contribution in [0.15, 0.2) is 24.3 Å². The smallest absolute Gasteiger partial charge is 0.329 e. The largest absolute Gasteiger partial charge is 0.480 e. The molecule has 0 aliphatic carbocycles. The molecule has 4 heteroatoms. The Hall–Kier alpha value is -1.84. The van der Waals surface area contributed by atoms with Crippen molar-refractivity contribution >= 4 is 11.9 Å². The molecule has 0 spiro atoms. The summed E-state index contributed by atoms with van der Waals surface area (Å²) in [7, 11) is 0. The fraction of sp³-hybridized carbons (Fsp3) is 0.467. The number of aryl methyl sites for hydroxylation is 1. The van der Waals surface area contributed by atoms with Gasteiger partial charge in [0.2, 0.25) is 5.91 Å². The molecule has 0 aliphatic heterocycles. The van der Waals surface area contributed by atoms with E-state index in [1.807, 2.05) is 31.2 Å². The zero-order valence-corrected chi connectivity index (χ0v) is 11.7. The first-order chi connectivity index (χ1) is 8.93. The number of carbonyl (C=O) groups is 2. The summed E-state index contributed by atoms with van der Waals surface area (Å²) < 4.78 is 0. The summed E-state index contributed by atoms with van der Waals surface area (Å²) in [5.41, 5.74) is 0.864. The first-order valence-corrected chi connectivity index (χ1v) is 6.53. The van der Waals surface area contributed by atoms with Gasteiger partial charge in [0.25, 0.3) is 0 Å². The zero-order valence-electron chi connectivity index (χ0n) is 11.7. The SMILES string of the molecule is CCC(CC)(NC(=O)Cc1ccc(C)cc1)C(=O)O. The van der Waals surface area contributed by atoms with Gasteiger partial charge < -0.3 is 10.4 Å². The minimum atomic E-state index is -1.15. The van der Waals surface area contributed by atoms with Crippen molar-refractivity contribution in [3.05, 3.63) is 35.4 Å². The fourth-order valence-corrected chi connectivity index (χ4v) is 1.99. The molecule has 0 heterocycles. The number of amides is 1. The highest BCUT2D eigenvalue weighted by molar-refractivity contribution is 5.87. The summed E-state index contributed by atoms with van der Waals surface area (Å²) >= 11 is 0. The lowest BCUT2D eigenvalue weighted by Crippen LogP contribution is -2.54. The third kappa shape index (κ3) is 3.81. The van der Waals surface area contributed by atoms with Crippen LogP contribution < -0.4 is 5.32 Å². The number of rotatable bonds is 6. The van der Waals surface area contributed by atoms with Crippen LogP contribution >= 0.6 is 0 Å². The molecule has 0 aliphatic rings. The van der Waals surface area contributed by atoms with E-state index in [0.29, 0.717) is 12.8 Å². The molecule has 0 saturated carbocycles. The molecule has 1 amide bonds. The predicted molar refractivity (Wildman–Crippen MR) is 74.0 cm³/mol. The lowest BCUT2D eigenvalue weighted by atomic mass is 9.92. The maximum absolute atomic E-state index is 12.0. The molecular formula is C15H21NO3. The van der Waals surface area contributed by atoms with Gasteiger partial charge >= 0.3 is 5.97 Å². The van der Waals surface area contributed by atoms with Gasteiger partial charge in [-0.2, -0.15) is 0 Å². The van der Waals surface area contributed by atoms with Crippen LogP contribution in [0, 0.1) is 6.92 Å². The van der Waals surface area contributed by atoms with E-state index in [1.54, 1.807) is 13.8 Å². The van der Waals surface area contributed by atoms with Crippen LogP contribution in [-0.4, -0.2) is 22.5 Å². The van der Waals surface area contributed by atoms with E-state index in [1.165, 1.54) is 0 Å². The van der Waals surface area contributed by atoms with Crippen LogP contribution in [0.2, 0.25) is 0 Å². The summed E-state index contributed by atoms with van der Waals surface area (Å²) in [5, 5.41) is 11.9. The Balaban J connectivity index is 2.73. The number of benzene rings is 1. The van der Waals surface area contributed by atoms with Crippen LogP contribution in [0.25, 0.3) is 0 Å². The Morgan fingerprint density at radius 1 is 1.16 bits per heavy atom. The second-order valence-corrected chi connectivity index (χ2v) is 4.80. The van der Waals surface area contributed by atoms with Gasteiger partial charge in [0.1, 0.15) is 5.54 Å². The normalized spacial score (nSPS) is 11.1. The van der Waals surface area contributed by atoms with Crippen molar-refractivity contribution in [1.82, 2.24) is 5.32 Å². The van der Waals surface area contributed by atoms with Gasteiger partial charge in [0.15, 0.2) is 0 Å². The Kier molecular flexibility index (Phi) is 5.10. The monoisotopic (exact) mass is 263 g/mol. The summed E-state index contributed by atoms with van der Waals surface area (Å²) in [6, 6.07) is 7.64. The number of carbonyl (C=O) groups excluding carboxylic acids is 1. The highest BCUT2D eigenvalue weighted by atomic mass is 16.4. The number of carboxylic acids is 1. The second-order valence-electron chi connectivity index (χ2n) is 4.80. The second kappa shape index (κ2) is 6.36. The molecule has 19 heavy (non-hydrogen) atoms. The molecule has 4 nitrogen and oxygen atoms in total. The maximum atomic E-state index is 12.0. The number of aliphatic carboxylic acids is 1. The third-order valence-corrected chi connectivity index (χ3v) is 3.48. The average Bonchev–Trinajstić information content (AvgIpc) is 2.38. The number of nitrogens with one attached hydrogen (secondary N) is 1. The van der Waals surface area contributed by atoms with E-state index < -0.39 is 11.5 Å². The molecule has 1 rings (SSSR count). The van der Waals surface area contributed by atoms with Gasteiger partial charge in [0.05, 0.1) is 6.42 Å². The molecule has 2 N–H and O–H groups in total. The highest BCUT2D eigenvalue weighted by Gasteiger charge is 2.36. The van der Waals surface area contributed by atoms with Crippen molar-refractivity contribution in [2.75, 3.05) is 0 Å². The van der Waals surface area contributed by atoms with Gasteiger partial charge in [0, 0.05) is 0 Å². The highest BCUT2D eigenvalue weighted by Crippen LogP contribution is 2.16. The Bertz CT molecular complexity index is 447. The molecule has 0 saturated heterocycles. The molecule has 0 fully saturated rings. The Morgan fingerprint density at radius 2 is 1.68 bits per heavy atom. The lowest BCUT2D eigenvalue weighted by Gasteiger charge is -2.28. The number of carboxylic acid groups (broad SMARTS) is 1. The summed E-state index contributed by atoms with van der Waals surface area (Å²) in [6.45, 7) is 5.51. The molecule has 0 atom stereocenters. The standard InChI is InChI=1S/C15H21NO3/c1-4-15(5-2,14(18)19)16-13(17)10-12-8-6-11(3)7-9-12/h6-9H,4-5,10H2,1-3H3,(H,16,17)(H,18,19). The number of hydrogen-bond donors (Lipinski definition) is 2. The molecule has 0 unspecified atom stereocenters. The minimum Gasteiger partial charge on any atom is -0.480 e. The topological polar surface area (TPSA) is 66.4 Å². The molecule has 0 aromatic heterocycles. The van der Waals surface area contributed by atoms with E-state index in [-0.39, 0.29) is 12.3 Å². The molecule has 104 valence electrons. The van der Waals surface area contributed by atoms with Gasteiger partial charge in [-0.05, 0) is 25.3 Å². The van der Waals surface area contributed by atoms with Gasteiger partial charge in [-0.1, -0.05) is 43.7 Å². The first kappa shape index (κ1) is 15.2. The molecular weight excluding hydrogens is 242 g/mol. The number of hydrogen-bond acceptors (Lipinski definition) is 2. The van der Waals surface area contributed by atoms with E-state index in [9.17, 15) is 14.7 Å². The Labute approximate surface area is 113 Å². The van der Waals surface area contributed by atoms with Crippen LogP contribution in [0.1, 0.15) is 37.8 Å². The third-order valence-electron chi connectivity index (χ3n) is 3.48. The van der Waals surface area contributed by atoms with E-state index in [2.05, 4.69) is 5.32 Å².